The number of carbonyl (C=O) groups excluding carboxylic acids is 1. The van der Waals surface area contributed by atoms with Crippen molar-refractivity contribution in [1.29, 1.82) is 0 Å². The summed E-state index contributed by atoms with van der Waals surface area (Å²) in [5, 5.41) is 6.14. The minimum atomic E-state index is 0.122. The van der Waals surface area contributed by atoms with Gasteiger partial charge in [-0.05, 0) is 57.8 Å². The molecule has 0 bridgehead atoms. The van der Waals surface area contributed by atoms with Crippen molar-refractivity contribution in [3.8, 4) is 0 Å². The fraction of sp³-hybridized carbons (Fsp3) is 0.929. The zero-order chi connectivity index (χ0) is 13.2. The van der Waals surface area contributed by atoms with Crippen molar-refractivity contribution in [1.82, 2.24) is 15.5 Å². The third-order valence-electron chi connectivity index (χ3n) is 3.36. The third kappa shape index (κ3) is 7.67. The molecule has 106 valence electrons. The largest absolute Gasteiger partial charge is 0.355 e. The Hall–Kier alpha value is -0.610. The first-order valence-electron chi connectivity index (χ1n) is 7.38. The molecule has 4 heteroatoms. The molecule has 4 nitrogen and oxygen atoms in total. The molecule has 18 heavy (non-hydrogen) atoms. The minimum absolute atomic E-state index is 0.122. The van der Waals surface area contributed by atoms with Gasteiger partial charge in [0.1, 0.15) is 0 Å². The molecule has 0 spiro atoms. The Kier molecular flexibility index (Phi) is 8.01. The van der Waals surface area contributed by atoms with Gasteiger partial charge < -0.3 is 15.5 Å². The van der Waals surface area contributed by atoms with Gasteiger partial charge in [0.2, 0.25) is 5.91 Å². The predicted molar refractivity (Wildman–Crippen MR) is 75.6 cm³/mol. The first kappa shape index (κ1) is 15.4. The highest BCUT2D eigenvalue weighted by Crippen LogP contribution is 2.06. The van der Waals surface area contributed by atoms with Gasteiger partial charge in [0.15, 0.2) is 0 Å². The van der Waals surface area contributed by atoms with Crippen molar-refractivity contribution in [2.45, 2.75) is 39.5 Å². The monoisotopic (exact) mass is 255 g/mol. The fourth-order valence-corrected chi connectivity index (χ4v) is 2.20. The highest BCUT2D eigenvalue weighted by molar-refractivity contribution is 5.77. The summed E-state index contributed by atoms with van der Waals surface area (Å²) in [6.07, 6.45) is 4.90. The molecule has 0 aliphatic carbocycles. The molecule has 1 heterocycles. The number of amides is 1. The minimum Gasteiger partial charge on any atom is -0.355 e. The molecule has 1 saturated heterocycles. The van der Waals surface area contributed by atoms with Crippen LogP contribution in [0.2, 0.25) is 0 Å². The van der Waals surface area contributed by atoms with Gasteiger partial charge in [0.25, 0.3) is 0 Å². The van der Waals surface area contributed by atoms with E-state index in [2.05, 4.69) is 29.4 Å². The molecule has 0 radical (unpaired) electrons. The Morgan fingerprint density at radius 2 is 1.94 bits per heavy atom. The summed E-state index contributed by atoms with van der Waals surface area (Å²) >= 11 is 0. The van der Waals surface area contributed by atoms with Crippen LogP contribution in [-0.4, -0.2) is 50.1 Å². The van der Waals surface area contributed by atoms with E-state index in [-0.39, 0.29) is 5.91 Å². The van der Waals surface area contributed by atoms with Crippen LogP contribution in [0.3, 0.4) is 0 Å². The number of rotatable bonds is 9. The van der Waals surface area contributed by atoms with E-state index in [0.717, 1.165) is 25.9 Å². The quantitative estimate of drug-likeness (QED) is 0.609. The van der Waals surface area contributed by atoms with E-state index in [4.69, 9.17) is 0 Å². The van der Waals surface area contributed by atoms with Crippen LogP contribution in [0.25, 0.3) is 0 Å². The van der Waals surface area contributed by atoms with Crippen LogP contribution in [0.15, 0.2) is 0 Å². The molecular weight excluding hydrogens is 226 g/mol. The van der Waals surface area contributed by atoms with Crippen molar-refractivity contribution in [2.75, 3.05) is 39.3 Å². The van der Waals surface area contributed by atoms with E-state index >= 15 is 0 Å². The molecule has 1 rings (SSSR count). The van der Waals surface area contributed by atoms with Crippen molar-refractivity contribution >= 4 is 5.91 Å². The van der Waals surface area contributed by atoms with Gasteiger partial charge in [-0.1, -0.05) is 13.8 Å². The van der Waals surface area contributed by atoms with Crippen molar-refractivity contribution in [3.63, 3.8) is 0 Å². The second-order valence-electron chi connectivity index (χ2n) is 5.61. The van der Waals surface area contributed by atoms with Gasteiger partial charge in [-0.25, -0.2) is 0 Å². The lowest BCUT2D eigenvalue weighted by Crippen LogP contribution is -2.35. The summed E-state index contributed by atoms with van der Waals surface area (Å²) in [6.45, 7) is 10.2. The Morgan fingerprint density at radius 3 is 2.61 bits per heavy atom. The second-order valence-corrected chi connectivity index (χ2v) is 5.61. The zero-order valence-corrected chi connectivity index (χ0v) is 12.0. The Morgan fingerprint density at radius 1 is 1.22 bits per heavy atom. The van der Waals surface area contributed by atoms with Crippen LogP contribution in [0.4, 0.5) is 0 Å². The SMILES string of the molecule is CC(C)CCNC(=O)CNCCCN1CCCC1. The number of hydrogen-bond donors (Lipinski definition) is 2. The zero-order valence-electron chi connectivity index (χ0n) is 12.0. The highest BCUT2D eigenvalue weighted by atomic mass is 16.1. The number of carbonyl (C=O) groups is 1. The molecule has 1 amide bonds. The predicted octanol–water partition coefficient (Wildman–Crippen LogP) is 1.22. The summed E-state index contributed by atoms with van der Waals surface area (Å²) in [4.78, 5) is 14.0. The van der Waals surface area contributed by atoms with E-state index < -0.39 is 0 Å². The topological polar surface area (TPSA) is 44.4 Å². The maximum Gasteiger partial charge on any atom is 0.233 e. The van der Waals surface area contributed by atoms with Crippen LogP contribution in [0, 0.1) is 5.92 Å². The highest BCUT2D eigenvalue weighted by Gasteiger charge is 2.10. The molecule has 0 aromatic heterocycles. The van der Waals surface area contributed by atoms with Gasteiger partial charge in [-0.2, -0.15) is 0 Å². The first-order chi connectivity index (χ1) is 8.68. The van der Waals surface area contributed by atoms with Crippen LogP contribution in [-0.2, 0) is 4.79 Å². The first-order valence-corrected chi connectivity index (χ1v) is 7.38. The van der Waals surface area contributed by atoms with Gasteiger partial charge in [0.05, 0.1) is 6.54 Å². The van der Waals surface area contributed by atoms with E-state index in [9.17, 15) is 4.79 Å². The molecular formula is C14H29N3O. The molecule has 1 aliphatic rings. The Labute approximate surface area is 111 Å². The van der Waals surface area contributed by atoms with Crippen LogP contribution in [0.5, 0.6) is 0 Å². The van der Waals surface area contributed by atoms with Gasteiger partial charge in [-0.3, -0.25) is 4.79 Å². The van der Waals surface area contributed by atoms with Crippen molar-refractivity contribution in [2.24, 2.45) is 5.92 Å². The molecule has 0 atom stereocenters. The molecule has 0 aromatic rings. The number of nitrogens with one attached hydrogen (secondary N) is 2. The maximum absolute atomic E-state index is 11.5. The lowest BCUT2D eigenvalue weighted by atomic mass is 10.1. The summed E-state index contributed by atoms with van der Waals surface area (Å²) in [5.41, 5.74) is 0. The van der Waals surface area contributed by atoms with E-state index in [0.29, 0.717) is 12.5 Å². The lowest BCUT2D eigenvalue weighted by molar-refractivity contribution is -0.120. The average molecular weight is 255 g/mol. The van der Waals surface area contributed by atoms with Crippen LogP contribution in [0.1, 0.15) is 39.5 Å². The smallest absolute Gasteiger partial charge is 0.233 e. The summed E-state index contributed by atoms with van der Waals surface area (Å²) < 4.78 is 0. The average Bonchev–Trinajstić information content (AvgIpc) is 2.81. The second kappa shape index (κ2) is 9.34. The number of nitrogens with zero attached hydrogens (tertiary/aromatic N) is 1. The number of likely N-dealkylation sites (tertiary alicyclic amines) is 1. The summed E-state index contributed by atoms with van der Waals surface area (Å²) in [7, 11) is 0. The maximum atomic E-state index is 11.5. The van der Waals surface area contributed by atoms with Gasteiger partial charge in [-0.15, -0.1) is 0 Å². The molecule has 1 fully saturated rings. The van der Waals surface area contributed by atoms with E-state index in [1.807, 2.05) is 0 Å². The molecule has 0 saturated carbocycles. The van der Waals surface area contributed by atoms with Crippen molar-refractivity contribution in [3.05, 3.63) is 0 Å². The fourth-order valence-electron chi connectivity index (χ4n) is 2.20. The van der Waals surface area contributed by atoms with E-state index in [1.54, 1.807) is 0 Å². The Bertz CT molecular complexity index is 225. The summed E-state index contributed by atoms with van der Waals surface area (Å²) in [5.74, 6) is 0.774. The molecule has 0 aromatic carbocycles. The Balaban J connectivity index is 1.85. The van der Waals surface area contributed by atoms with Gasteiger partial charge >= 0.3 is 0 Å². The van der Waals surface area contributed by atoms with Crippen LogP contribution >= 0.6 is 0 Å². The lowest BCUT2D eigenvalue weighted by Gasteiger charge is -2.14. The molecule has 0 unspecified atom stereocenters. The van der Waals surface area contributed by atoms with Crippen LogP contribution < -0.4 is 10.6 Å². The van der Waals surface area contributed by atoms with Crippen molar-refractivity contribution < 1.29 is 4.79 Å². The number of hydrogen-bond acceptors (Lipinski definition) is 3. The third-order valence-corrected chi connectivity index (χ3v) is 3.36. The molecule has 1 aliphatic heterocycles. The normalized spacial score (nSPS) is 16.4. The summed E-state index contributed by atoms with van der Waals surface area (Å²) in [6, 6.07) is 0. The standard InChI is InChI=1S/C14H29N3O/c1-13(2)6-8-16-14(18)12-15-7-5-11-17-9-3-4-10-17/h13,15H,3-12H2,1-2H3,(H,16,18). The molecule has 2 N–H and O–H groups in total. The van der Waals surface area contributed by atoms with E-state index in [1.165, 1.54) is 32.5 Å². The van der Waals surface area contributed by atoms with Gasteiger partial charge in [0, 0.05) is 6.54 Å².